The first-order valence-electron chi connectivity index (χ1n) is 11.3. The van der Waals surface area contributed by atoms with Crippen molar-refractivity contribution in [3.8, 4) is 11.4 Å². The quantitative estimate of drug-likeness (QED) is 0.567. The van der Waals surface area contributed by atoms with Gasteiger partial charge in [-0.05, 0) is 60.9 Å². The molecule has 0 bridgehead atoms. The van der Waals surface area contributed by atoms with Crippen LogP contribution < -0.4 is 9.80 Å². The SMILES string of the molecule is CC(=O)N1CCCc2cc(S(=O)(=O)N3CCN(c4ccc(-c5ccccn5)nn4)CC3)ccc21. The van der Waals surface area contributed by atoms with Crippen molar-refractivity contribution < 1.29 is 13.2 Å². The number of hydrogen-bond acceptors (Lipinski definition) is 7. The Morgan fingerprint density at radius 2 is 1.74 bits per heavy atom. The van der Waals surface area contributed by atoms with Crippen LogP contribution in [0, 0.1) is 0 Å². The number of anilines is 2. The zero-order chi connectivity index (χ0) is 23.7. The summed E-state index contributed by atoms with van der Waals surface area (Å²) in [5.74, 6) is 0.693. The van der Waals surface area contributed by atoms with Gasteiger partial charge in [0.25, 0.3) is 0 Å². The summed E-state index contributed by atoms with van der Waals surface area (Å²) < 4.78 is 28.2. The average molecular weight is 479 g/mol. The molecule has 0 radical (unpaired) electrons. The van der Waals surface area contributed by atoms with Gasteiger partial charge in [-0.1, -0.05) is 6.07 Å². The molecule has 9 nitrogen and oxygen atoms in total. The van der Waals surface area contributed by atoms with Crippen LogP contribution in [0.2, 0.25) is 0 Å². The monoisotopic (exact) mass is 478 g/mol. The van der Waals surface area contributed by atoms with E-state index in [2.05, 4.69) is 15.2 Å². The van der Waals surface area contributed by atoms with Crippen LogP contribution in [0.4, 0.5) is 11.5 Å². The second-order valence-corrected chi connectivity index (χ2v) is 10.4. The van der Waals surface area contributed by atoms with Gasteiger partial charge >= 0.3 is 0 Å². The molecular weight excluding hydrogens is 452 g/mol. The Labute approximate surface area is 199 Å². The number of pyridine rings is 1. The smallest absolute Gasteiger partial charge is 0.243 e. The number of sulfonamides is 1. The molecule has 176 valence electrons. The molecule has 1 saturated heterocycles. The number of hydrogen-bond donors (Lipinski definition) is 0. The molecule has 0 aliphatic carbocycles. The van der Waals surface area contributed by atoms with Crippen LogP contribution in [-0.2, 0) is 21.2 Å². The molecule has 0 unspecified atom stereocenters. The third kappa shape index (κ3) is 4.26. The van der Waals surface area contributed by atoms with Crippen molar-refractivity contribution in [3.05, 3.63) is 60.3 Å². The van der Waals surface area contributed by atoms with Crippen molar-refractivity contribution in [2.45, 2.75) is 24.7 Å². The van der Waals surface area contributed by atoms with Crippen molar-refractivity contribution in [1.29, 1.82) is 0 Å². The summed E-state index contributed by atoms with van der Waals surface area (Å²) in [6.07, 6.45) is 3.31. The van der Waals surface area contributed by atoms with Gasteiger partial charge in [-0.25, -0.2) is 8.42 Å². The van der Waals surface area contributed by atoms with E-state index < -0.39 is 10.0 Å². The first-order chi connectivity index (χ1) is 16.4. The van der Waals surface area contributed by atoms with Crippen molar-refractivity contribution in [2.75, 3.05) is 42.5 Å². The van der Waals surface area contributed by atoms with E-state index in [4.69, 9.17) is 0 Å². The lowest BCUT2D eigenvalue weighted by Gasteiger charge is -2.35. The number of carbonyl (C=O) groups is 1. The molecule has 0 atom stereocenters. The third-order valence-corrected chi connectivity index (χ3v) is 8.22. The Kier molecular flexibility index (Phi) is 6.01. The van der Waals surface area contributed by atoms with E-state index in [1.54, 1.807) is 29.3 Å². The van der Waals surface area contributed by atoms with E-state index >= 15 is 0 Å². The van der Waals surface area contributed by atoms with E-state index in [0.717, 1.165) is 35.6 Å². The maximum absolute atomic E-state index is 13.3. The number of piperazine rings is 1. The summed E-state index contributed by atoms with van der Waals surface area (Å²) in [7, 11) is -3.62. The van der Waals surface area contributed by atoms with Gasteiger partial charge in [0.15, 0.2) is 5.82 Å². The summed E-state index contributed by atoms with van der Waals surface area (Å²) in [5, 5.41) is 8.61. The van der Waals surface area contributed by atoms with Crippen LogP contribution in [0.5, 0.6) is 0 Å². The molecule has 0 spiro atoms. The molecule has 2 aliphatic rings. The normalized spacial score (nSPS) is 16.9. The van der Waals surface area contributed by atoms with Crippen molar-refractivity contribution in [2.24, 2.45) is 0 Å². The molecule has 1 amide bonds. The summed E-state index contributed by atoms with van der Waals surface area (Å²) in [6, 6.07) is 14.5. The Hall–Kier alpha value is -3.37. The number of aryl methyl sites for hydroxylation is 1. The molecule has 5 rings (SSSR count). The minimum absolute atomic E-state index is 0.0242. The lowest BCUT2D eigenvalue weighted by molar-refractivity contribution is -0.116. The molecule has 3 aromatic rings. The average Bonchev–Trinajstić information content (AvgIpc) is 2.88. The van der Waals surface area contributed by atoms with Gasteiger partial charge in [-0.3, -0.25) is 9.78 Å². The van der Waals surface area contributed by atoms with Crippen molar-refractivity contribution >= 4 is 27.4 Å². The molecular formula is C24H26N6O3S. The fourth-order valence-corrected chi connectivity index (χ4v) is 5.99. The Morgan fingerprint density at radius 1 is 0.912 bits per heavy atom. The minimum Gasteiger partial charge on any atom is -0.352 e. The summed E-state index contributed by atoms with van der Waals surface area (Å²) in [4.78, 5) is 20.2. The topological polar surface area (TPSA) is 99.6 Å². The zero-order valence-electron chi connectivity index (χ0n) is 19.0. The van der Waals surface area contributed by atoms with Crippen LogP contribution >= 0.6 is 0 Å². The van der Waals surface area contributed by atoms with Crippen LogP contribution in [0.25, 0.3) is 11.4 Å². The molecule has 10 heteroatoms. The van der Waals surface area contributed by atoms with Gasteiger partial charge in [-0.2, -0.15) is 4.31 Å². The van der Waals surface area contributed by atoms with Crippen LogP contribution in [0.1, 0.15) is 18.9 Å². The van der Waals surface area contributed by atoms with Gasteiger partial charge in [0, 0.05) is 51.5 Å². The van der Waals surface area contributed by atoms with E-state index in [1.807, 2.05) is 35.2 Å². The summed E-state index contributed by atoms with van der Waals surface area (Å²) >= 11 is 0. The third-order valence-electron chi connectivity index (χ3n) is 6.33. The highest BCUT2D eigenvalue weighted by Gasteiger charge is 2.30. The zero-order valence-corrected chi connectivity index (χ0v) is 19.8. The fraction of sp³-hybridized carbons (Fsp3) is 0.333. The minimum atomic E-state index is -3.62. The van der Waals surface area contributed by atoms with Crippen LogP contribution in [0.15, 0.2) is 59.6 Å². The van der Waals surface area contributed by atoms with Gasteiger partial charge in [0.05, 0.1) is 10.6 Å². The van der Waals surface area contributed by atoms with Gasteiger partial charge in [0.2, 0.25) is 15.9 Å². The van der Waals surface area contributed by atoms with E-state index in [0.29, 0.717) is 38.4 Å². The second kappa shape index (κ2) is 9.11. The maximum atomic E-state index is 13.3. The Morgan fingerprint density at radius 3 is 2.41 bits per heavy atom. The molecule has 1 fully saturated rings. The Balaban J connectivity index is 1.28. The second-order valence-electron chi connectivity index (χ2n) is 8.45. The number of nitrogens with zero attached hydrogens (tertiary/aromatic N) is 6. The van der Waals surface area contributed by atoms with E-state index in [-0.39, 0.29) is 10.8 Å². The maximum Gasteiger partial charge on any atom is 0.243 e. The van der Waals surface area contributed by atoms with E-state index in [9.17, 15) is 13.2 Å². The number of amides is 1. The Bertz CT molecular complexity index is 1290. The molecule has 0 saturated carbocycles. The molecule has 2 aromatic heterocycles. The summed E-state index contributed by atoms with van der Waals surface area (Å²) in [5.41, 5.74) is 3.18. The standard InChI is InChI=1S/C24H26N6O3S/c1-18(31)30-12-4-5-19-17-20(7-9-23(19)30)34(32,33)29-15-13-28(14-16-29)24-10-8-22(26-27-24)21-6-2-3-11-25-21/h2-3,6-11,17H,4-5,12-16H2,1H3. The van der Waals surface area contributed by atoms with Gasteiger partial charge in [0.1, 0.15) is 5.69 Å². The largest absolute Gasteiger partial charge is 0.352 e. The number of rotatable bonds is 4. The number of carbonyl (C=O) groups excluding carboxylic acids is 1. The lowest BCUT2D eigenvalue weighted by atomic mass is 10.0. The van der Waals surface area contributed by atoms with Crippen LogP contribution in [-0.4, -0.2) is 66.5 Å². The van der Waals surface area contributed by atoms with E-state index in [1.165, 1.54) is 11.2 Å². The molecule has 2 aliphatic heterocycles. The number of benzene rings is 1. The summed E-state index contributed by atoms with van der Waals surface area (Å²) in [6.45, 7) is 3.99. The fourth-order valence-electron chi connectivity index (χ4n) is 4.51. The van der Waals surface area contributed by atoms with Gasteiger partial charge in [-0.15, -0.1) is 10.2 Å². The molecule has 1 aromatic carbocycles. The highest BCUT2D eigenvalue weighted by atomic mass is 32.2. The number of fused-ring (bicyclic) bond motifs is 1. The molecule has 0 N–H and O–H groups in total. The lowest BCUT2D eigenvalue weighted by Crippen LogP contribution is -2.49. The van der Waals surface area contributed by atoms with Crippen molar-refractivity contribution in [1.82, 2.24) is 19.5 Å². The van der Waals surface area contributed by atoms with Gasteiger partial charge < -0.3 is 9.80 Å². The predicted octanol–water partition coefficient (Wildman–Crippen LogP) is 2.35. The van der Waals surface area contributed by atoms with Crippen LogP contribution in [0.3, 0.4) is 0 Å². The highest BCUT2D eigenvalue weighted by molar-refractivity contribution is 7.89. The predicted molar refractivity (Wildman–Crippen MR) is 129 cm³/mol. The molecule has 4 heterocycles. The van der Waals surface area contributed by atoms with Crippen molar-refractivity contribution in [3.63, 3.8) is 0 Å². The first kappa shape index (κ1) is 22.4. The highest BCUT2D eigenvalue weighted by Crippen LogP contribution is 2.31. The number of aromatic nitrogens is 3. The molecule has 34 heavy (non-hydrogen) atoms. The first-order valence-corrected chi connectivity index (χ1v) is 12.8.